The Hall–Kier alpha value is -0.420. The molecule has 1 rings (SSSR count). The second-order valence-electron chi connectivity index (χ2n) is 4.12. The summed E-state index contributed by atoms with van der Waals surface area (Å²) in [6.45, 7) is 5.52. The van der Waals surface area contributed by atoms with E-state index in [0.717, 1.165) is 0 Å². The first kappa shape index (κ1) is 11.7. The fourth-order valence-corrected chi connectivity index (χ4v) is 3.69. The van der Waals surface area contributed by atoms with Gasteiger partial charge in [0.05, 0.1) is 11.3 Å². The Morgan fingerprint density at radius 2 is 2.00 bits per heavy atom. The lowest BCUT2D eigenvalue weighted by Gasteiger charge is -2.28. The first-order chi connectivity index (χ1) is 6.32. The summed E-state index contributed by atoms with van der Waals surface area (Å²) in [4.78, 5) is 11.5. The zero-order chi connectivity index (χ0) is 11.0. The molecule has 0 N–H and O–H groups in total. The van der Waals surface area contributed by atoms with Crippen molar-refractivity contribution >= 4 is 15.8 Å². The Kier molecular flexibility index (Phi) is 3.02. The molecule has 0 radical (unpaired) electrons. The third-order valence-corrected chi connectivity index (χ3v) is 4.88. The van der Waals surface area contributed by atoms with E-state index in [2.05, 4.69) is 0 Å². The second kappa shape index (κ2) is 3.62. The molecule has 1 fully saturated rings. The maximum Gasteiger partial charge on any atom is 0.214 e. The van der Waals surface area contributed by atoms with Crippen LogP contribution in [0.3, 0.4) is 0 Å². The zero-order valence-corrected chi connectivity index (χ0v) is 9.73. The molecule has 0 aromatic heterocycles. The zero-order valence-electron chi connectivity index (χ0n) is 8.91. The average Bonchev–Trinajstić information content (AvgIpc) is 2.27. The van der Waals surface area contributed by atoms with Gasteiger partial charge in [-0.25, -0.2) is 8.42 Å². The Balaban J connectivity index is 2.96. The summed E-state index contributed by atoms with van der Waals surface area (Å²) in [6.07, 6.45) is 0.930. The monoisotopic (exact) mass is 219 g/mol. The molecule has 14 heavy (non-hydrogen) atoms. The quantitative estimate of drug-likeness (QED) is 0.705. The normalized spacial score (nSPS) is 22.9. The molecule has 1 aliphatic rings. The van der Waals surface area contributed by atoms with Crippen LogP contribution in [0.1, 0.15) is 33.6 Å². The maximum atomic E-state index is 11.8. The van der Waals surface area contributed by atoms with Gasteiger partial charge in [-0.2, -0.15) is 4.31 Å². The standard InChI is InChI=1S/C9H17NO3S/c1-4-7-14(12,13)10-6-5-8(11)9(10,2)3/h4-7H2,1-3H3. The highest BCUT2D eigenvalue weighted by Gasteiger charge is 2.45. The predicted molar refractivity (Wildman–Crippen MR) is 54.5 cm³/mol. The number of carbonyl (C=O) groups is 1. The number of hydrogen-bond donors (Lipinski definition) is 0. The molecule has 0 aromatic carbocycles. The largest absolute Gasteiger partial charge is 0.298 e. The SMILES string of the molecule is CCCS(=O)(=O)N1CCC(=O)C1(C)C. The van der Waals surface area contributed by atoms with Crippen molar-refractivity contribution in [3.05, 3.63) is 0 Å². The van der Waals surface area contributed by atoms with Crippen molar-refractivity contribution in [1.82, 2.24) is 4.31 Å². The topological polar surface area (TPSA) is 54.5 Å². The number of nitrogens with zero attached hydrogens (tertiary/aromatic N) is 1. The third-order valence-electron chi connectivity index (χ3n) is 2.65. The van der Waals surface area contributed by atoms with E-state index in [-0.39, 0.29) is 11.5 Å². The first-order valence-electron chi connectivity index (χ1n) is 4.86. The van der Waals surface area contributed by atoms with E-state index in [1.807, 2.05) is 6.92 Å². The van der Waals surface area contributed by atoms with Crippen molar-refractivity contribution < 1.29 is 13.2 Å². The molecule has 0 bridgehead atoms. The van der Waals surface area contributed by atoms with Crippen LogP contribution in [0.5, 0.6) is 0 Å². The minimum atomic E-state index is -3.24. The summed E-state index contributed by atoms with van der Waals surface area (Å²) in [5.74, 6) is 0.140. The highest BCUT2D eigenvalue weighted by atomic mass is 32.2. The van der Waals surface area contributed by atoms with Gasteiger partial charge in [0.2, 0.25) is 10.0 Å². The maximum absolute atomic E-state index is 11.8. The molecule has 5 heteroatoms. The molecule has 0 amide bonds. The molecule has 1 aliphatic heterocycles. The Morgan fingerprint density at radius 1 is 1.43 bits per heavy atom. The van der Waals surface area contributed by atoms with Gasteiger partial charge >= 0.3 is 0 Å². The van der Waals surface area contributed by atoms with Crippen LogP contribution < -0.4 is 0 Å². The van der Waals surface area contributed by atoms with Gasteiger partial charge in [0, 0.05) is 13.0 Å². The van der Waals surface area contributed by atoms with Gasteiger partial charge in [-0.15, -0.1) is 0 Å². The number of hydrogen-bond acceptors (Lipinski definition) is 3. The van der Waals surface area contributed by atoms with Gasteiger partial charge in [-0.1, -0.05) is 6.92 Å². The molecule has 0 unspecified atom stereocenters. The fourth-order valence-electron chi connectivity index (χ4n) is 1.78. The van der Waals surface area contributed by atoms with Crippen molar-refractivity contribution in [2.75, 3.05) is 12.3 Å². The summed E-state index contributed by atoms with van der Waals surface area (Å²) in [5.41, 5.74) is -0.839. The van der Waals surface area contributed by atoms with E-state index in [1.165, 1.54) is 4.31 Å². The summed E-state index contributed by atoms with van der Waals surface area (Å²) < 4.78 is 24.9. The number of ketones is 1. The van der Waals surface area contributed by atoms with Crippen LogP contribution in [0.25, 0.3) is 0 Å². The lowest BCUT2D eigenvalue weighted by molar-refractivity contribution is -0.122. The van der Waals surface area contributed by atoms with Crippen molar-refractivity contribution in [3.63, 3.8) is 0 Å². The molecule has 0 aliphatic carbocycles. The molecule has 0 atom stereocenters. The highest BCUT2D eigenvalue weighted by molar-refractivity contribution is 7.89. The van der Waals surface area contributed by atoms with Gasteiger partial charge < -0.3 is 0 Å². The van der Waals surface area contributed by atoms with Crippen LogP contribution in [-0.2, 0) is 14.8 Å². The number of rotatable bonds is 3. The van der Waals surface area contributed by atoms with Crippen molar-refractivity contribution in [2.24, 2.45) is 0 Å². The van der Waals surface area contributed by atoms with Gasteiger partial charge in [0.25, 0.3) is 0 Å². The van der Waals surface area contributed by atoms with Crippen LogP contribution in [0, 0.1) is 0 Å². The van der Waals surface area contributed by atoms with E-state index in [4.69, 9.17) is 0 Å². The Morgan fingerprint density at radius 3 is 2.36 bits per heavy atom. The molecule has 0 aromatic rings. The Labute approximate surface area is 85.3 Å². The smallest absolute Gasteiger partial charge is 0.214 e. The molecule has 1 heterocycles. The minimum Gasteiger partial charge on any atom is -0.298 e. The highest BCUT2D eigenvalue weighted by Crippen LogP contribution is 2.28. The summed E-state index contributed by atoms with van der Waals surface area (Å²) >= 11 is 0. The number of sulfonamides is 1. The predicted octanol–water partition coefficient (Wildman–Crippen LogP) is 0.780. The molecular formula is C9H17NO3S. The van der Waals surface area contributed by atoms with Crippen LogP contribution in [0.4, 0.5) is 0 Å². The summed E-state index contributed by atoms with van der Waals surface area (Å²) in [6, 6.07) is 0. The number of carbonyl (C=O) groups excluding carboxylic acids is 1. The van der Waals surface area contributed by atoms with E-state index >= 15 is 0 Å². The van der Waals surface area contributed by atoms with Crippen molar-refractivity contribution in [2.45, 2.75) is 39.2 Å². The van der Waals surface area contributed by atoms with Crippen LogP contribution in [-0.4, -0.2) is 36.3 Å². The van der Waals surface area contributed by atoms with Gasteiger partial charge in [0.1, 0.15) is 0 Å². The molecular weight excluding hydrogens is 202 g/mol. The van der Waals surface area contributed by atoms with Gasteiger partial charge in [-0.3, -0.25) is 4.79 Å². The van der Waals surface area contributed by atoms with E-state index in [1.54, 1.807) is 13.8 Å². The van der Waals surface area contributed by atoms with Crippen LogP contribution >= 0.6 is 0 Å². The summed E-state index contributed by atoms with van der Waals surface area (Å²) in [5, 5.41) is 0. The van der Waals surface area contributed by atoms with Crippen molar-refractivity contribution in [1.29, 1.82) is 0 Å². The summed E-state index contributed by atoms with van der Waals surface area (Å²) in [7, 11) is -3.24. The Bertz CT molecular complexity index is 332. The van der Waals surface area contributed by atoms with E-state index in [0.29, 0.717) is 19.4 Å². The van der Waals surface area contributed by atoms with Gasteiger partial charge in [0.15, 0.2) is 5.78 Å². The van der Waals surface area contributed by atoms with E-state index < -0.39 is 15.6 Å². The fraction of sp³-hybridized carbons (Fsp3) is 0.889. The van der Waals surface area contributed by atoms with E-state index in [9.17, 15) is 13.2 Å². The molecule has 1 saturated heterocycles. The van der Waals surface area contributed by atoms with Crippen LogP contribution in [0.2, 0.25) is 0 Å². The lowest BCUT2D eigenvalue weighted by Crippen LogP contribution is -2.47. The third kappa shape index (κ3) is 1.83. The second-order valence-corrected chi connectivity index (χ2v) is 6.13. The average molecular weight is 219 g/mol. The lowest BCUT2D eigenvalue weighted by atomic mass is 10.0. The molecule has 4 nitrogen and oxygen atoms in total. The van der Waals surface area contributed by atoms with Crippen molar-refractivity contribution in [3.8, 4) is 0 Å². The molecule has 0 saturated carbocycles. The van der Waals surface area contributed by atoms with Crippen LogP contribution in [0.15, 0.2) is 0 Å². The minimum absolute atomic E-state index is 0.0113. The first-order valence-corrected chi connectivity index (χ1v) is 6.47. The number of Topliss-reactive ketones (excluding diaryl/α,β-unsaturated/α-hetero) is 1. The molecule has 0 spiro atoms. The van der Waals surface area contributed by atoms with Gasteiger partial charge in [-0.05, 0) is 20.3 Å². The molecule has 82 valence electrons.